The summed E-state index contributed by atoms with van der Waals surface area (Å²) in [4.78, 5) is 2.73. The molecule has 24 heavy (non-hydrogen) atoms. The smallest absolute Gasteiger partial charge is 0.0597 e. The maximum absolute atomic E-state index is 2.73. The van der Waals surface area contributed by atoms with E-state index in [-0.39, 0.29) is 5.54 Å². The standard InChI is InChI=1S/C23H27N/c1-18-11-7-8-14-22(18)24-19(2)21(20-12-5-3-6-13-20)17-23(24)15-9-4-10-16-23/h3,5-8,11-14,17,19H,4,9-10,15-16H2,1-2H3. The summed E-state index contributed by atoms with van der Waals surface area (Å²) in [6, 6.07) is 20.3. The summed E-state index contributed by atoms with van der Waals surface area (Å²) in [6.45, 7) is 4.63. The topological polar surface area (TPSA) is 3.24 Å². The van der Waals surface area contributed by atoms with Crippen LogP contribution in [0.2, 0.25) is 0 Å². The van der Waals surface area contributed by atoms with Crippen LogP contribution in [-0.2, 0) is 0 Å². The molecule has 1 spiro atoms. The van der Waals surface area contributed by atoms with E-state index < -0.39 is 0 Å². The molecule has 0 saturated heterocycles. The molecule has 1 saturated carbocycles. The van der Waals surface area contributed by atoms with E-state index >= 15 is 0 Å². The second-order valence-corrected chi connectivity index (χ2v) is 7.46. The first kappa shape index (κ1) is 15.5. The Balaban J connectivity index is 1.83. The van der Waals surface area contributed by atoms with Crippen LogP contribution in [0.25, 0.3) is 5.57 Å². The number of rotatable bonds is 2. The minimum Gasteiger partial charge on any atom is -0.355 e. The number of hydrogen-bond donors (Lipinski definition) is 0. The van der Waals surface area contributed by atoms with Crippen LogP contribution >= 0.6 is 0 Å². The van der Waals surface area contributed by atoms with Gasteiger partial charge in [-0.3, -0.25) is 0 Å². The fourth-order valence-corrected chi connectivity index (χ4v) is 4.79. The van der Waals surface area contributed by atoms with Gasteiger partial charge in [0.15, 0.2) is 0 Å². The van der Waals surface area contributed by atoms with Crippen LogP contribution in [0.1, 0.15) is 50.2 Å². The highest BCUT2D eigenvalue weighted by Gasteiger charge is 2.45. The van der Waals surface area contributed by atoms with E-state index in [4.69, 9.17) is 0 Å². The van der Waals surface area contributed by atoms with Gasteiger partial charge in [0.2, 0.25) is 0 Å². The predicted octanol–water partition coefficient (Wildman–Crippen LogP) is 5.99. The number of hydrogen-bond acceptors (Lipinski definition) is 1. The normalized spacial score (nSPS) is 22.7. The first-order chi connectivity index (χ1) is 11.7. The van der Waals surface area contributed by atoms with Crippen molar-refractivity contribution in [2.75, 3.05) is 4.90 Å². The van der Waals surface area contributed by atoms with Gasteiger partial charge in [-0.25, -0.2) is 0 Å². The Bertz CT molecular complexity index is 738. The predicted molar refractivity (Wildman–Crippen MR) is 103 cm³/mol. The minimum atomic E-state index is 0.203. The van der Waals surface area contributed by atoms with E-state index in [0.717, 1.165) is 0 Å². The molecule has 124 valence electrons. The van der Waals surface area contributed by atoms with Gasteiger partial charge in [-0.05, 0) is 49.5 Å². The van der Waals surface area contributed by atoms with Crippen molar-refractivity contribution in [1.29, 1.82) is 0 Å². The lowest BCUT2D eigenvalue weighted by Crippen LogP contribution is -2.49. The van der Waals surface area contributed by atoms with Crippen molar-refractivity contribution in [3.8, 4) is 0 Å². The van der Waals surface area contributed by atoms with Crippen LogP contribution < -0.4 is 4.90 Å². The Morgan fingerprint density at radius 3 is 2.25 bits per heavy atom. The number of para-hydroxylation sites is 1. The van der Waals surface area contributed by atoms with Crippen LogP contribution in [0.3, 0.4) is 0 Å². The molecule has 1 nitrogen and oxygen atoms in total. The quantitative estimate of drug-likeness (QED) is 0.657. The number of nitrogens with zero attached hydrogens (tertiary/aromatic N) is 1. The summed E-state index contributed by atoms with van der Waals surface area (Å²) in [5, 5.41) is 0. The fourth-order valence-electron chi connectivity index (χ4n) is 4.79. The second-order valence-electron chi connectivity index (χ2n) is 7.46. The molecule has 2 aromatic carbocycles. The molecule has 0 aromatic heterocycles. The molecule has 0 amide bonds. The van der Waals surface area contributed by atoms with Gasteiger partial charge in [-0.15, -0.1) is 0 Å². The van der Waals surface area contributed by atoms with Gasteiger partial charge in [0, 0.05) is 5.69 Å². The lowest BCUT2D eigenvalue weighted by Gasteiger charge is -2.45. The third kappa shape index (κ3) is 2.47. The first-order valence-corrected chi connectivity index (χ1v) is 9.34. The highest BCUT2D eigenvalue weighted by atomic mass is 15.2. The molecule has 0 radical (unpaired) electrons. The van der Waals surface area contributed by atoms with Crippen molar-refractivity contribution in [3.63, 3.8) is 0 Å². The third-order valence-electron chi connectivity index (χ3n) is 5.94. The fraction of sp³-hybridized carbons (Fsp3) is 0.391. The Kier molecular flexibility index (Phi) is 3.96. The van der Waals surface area contributed by atoms with Gasteiger partial charge < -0.3 is 4.90 Å². The molecule has 1 aliphatic carbocycles. The lowest BCUT2D eigenvalue weighted by atomic mass is 9.80. The second kappa shape index (κ2) is 6.12. The summed E-state index contributed by atoms with van der Waals surface area (Å²) >= 11 is 0. The molecule has 4 rings (SSSR count). The van der Waals surface area contributed by atoms with E-state index in [2.05, 4.69) is 79.4 Å². The van der Waals surface area contributed by atoms with Gasteiger partial charge in [-0.1, -0.05) is 73.9 Å². The Hall–Kier alpha value is -2.02. The van der Waals surface area contributed by atoms with Gasteiger partial charge in [0.1, 0.15) is 0 Å². The molecule has 0 bridgehead atoms. The molecule has 1 heterocycles. The minimum absolute atomic E-state index is 0.203. The van der Waals surface area contributed by atoms with Gasteiger partial charge in [0.25, 0.3) is 0 Å². The largest absolute Gasteiger partial charge is 0.355 e. The van der Waals surface area contributed by atoms with Crippen molar-refractivity contribution < 1.29 is 0 Å². The van der Waals surface area contributed by atoms with Crippen LogP contribution in [0.4, 0.5) is 5.69 Å². The molecule has 1 fully saturated rings. The first-order valence-electron chi connectivity index (χ1n) is 9.34. The summed E-state index contributed by atoms with van der Waals surface area (Å²) in [5.41, 5.74) is 5.88. The Morgan fingerprint density at radius 1 is 0.875 bits per heavy atom. The molecular weight excluding hydrogens is 290 g/mol. The van der Waals surface area contributed by atoms with Gasteiger partial charge in [-0.2, -0.15) is 0 Å². The van der Waals surface area contributed by atoms with Crippen molar-refractivity contribution in [3.05, 3.63) is 71.8 Å². The van der Waals surface area contributed by atoms with Crippen LogP contribution in [0.5, 0.6) is 0 Å². The zero-order valence-electron chi connectivity index (χ0n) is 14.8. The molecule has 1 atom stereocenters. The number of aryl methyl sites for hydroxylation is 1. The average molecular weight is 317 g/mol. The SMILES string of the molecule is Cc1ccccc1N1C(C)C(c2ccccc2)=CC12CCCCC2. The van der Waals surface area contributed by atoms with Crippen molar-refractivity contribution >= 4 is 11.3 Å². The zero-order chi connectivity index (χ0) is 16.6. The highest BCUT2D eigenvalue weighted by molar-refractivity contribution is 5.80. The average Bonchev–Trinajstić information content (AvgIpc) is 2.89. The number of benzene rings is 2. The van der Waals surface area contributed by atoms with E-state index in [9.17, 15) is 0 Å². The van der Waals surface area contributed by atoms with Crippen molar-refractivity contribution in [2.45, 2.75) is 57.5 Å². The number of anilines is 1. The van der Waals surface area contributed by atoms with Crippen molar-refractivity contribution in [2.24, 2.45) is 0 Å². The molecule has 1 heteroatoms. The van der Waals surface area contributed by atoms with Crippen LogP contribution in [-0.4, -0.2) is 11.6 Å². The highest BCUT2D eigenvalue weighted by Crippen LogP contribution is 2.48. The maximum atomic E-state index is 2.73. The molecule has 2 aliphatic rings. The molecule has 1 aliphatic heterocycles. The molecular formula is C23H27N. The third-order valence-corrected chi connectivity index (χ3v) is 5.94. The van der Waals surface area contributed by atoms with Gasteiger partial charge >= 0.3 is 0 Å². The van der Waals surface area contributed by atoms with Crippen LogP contribution in [0, 0.1) is 6.92 Å². The molecule has 0 N–H and O–H groups in total. The van der Waals surface area contributed by atoms with Crippen molar-refractivity contribution in [1.82, 2.24) is 0 Å². The summed E-state index contributed by atoms with van der Waals surface area (Å²) < 4.78 is 0. The molecule has 2 aromatic rings. The molecule has 1 unspecified atom stereocenters. The summed E-state index contributed by atoms with van der Waals surface area (Å²) in [7, 11) is 0. The van der Waals surface area contributed by atoms with Crippen LogP contribution in [0.15, 0.2) is 60.7 Å². The summed E-state index contributed by atoms with van der Waals surface area (Å²) in [5.74, 6) is 0. The Morgan fingerprint density at radius 2 is 1.54 bits per heavy atom. The Labute approximate surface area is 146 Å². The summed E-state index contributed by atoms with van der Waals surface area (Å²) in [6.07, 6.45) is 9.23. The van der Waals surface area contributed by atoms with E-state index in [1.54, 1.807) is 0 Å². The monoisotopic (exact) mass is 317 g/mol. The zero-order valence-corrected chi connectivity index (χ0v) is 14.8. The van der Waals surface area contributed by atoms with Gasteiger partial charge in [0.05, 0.1) is 11.6 Å². The van der Waals surface area contributed by atoms with E-state index in [0.29, 0.717) is 6.04 Å². The lowest BCUT2D eigenvalue weighted by molar-refractivity contribution is 0.339. The van der Waals surface area contributed by atoms with E-state index in [1.165, 1.54) is 54.5 Å². The van der Waals surface area contributed by atoms with E-state index in [1.807, 2.05) is 0 Å². The maximum Gasteiger partial charge on any atom is 0.0597 e.